The van der Waals surface area contributed by atoms with Gasteiger partial charge in [-0.05, 0) is 67.8 Å². The normalized spacial score (nSPS) is 18.8. The second-order valence-electron chi connectivity index (χ2n) is 10.3. The van der Waals surface area contributed by atoms with Gasteiger partial charge in [-0.1, -0.05) is 12.1 Å². The number of amides is 2. The molecule has 0 radical (unpaired) electrons. The van der Waals surface area contributed by atoms with E-state index in [0.29, 0.717) is 49.3 Å². The molecule has 2 heterocycles. The molecular weight excluding hydrogens is 579 g/mol. The number of rotatable bonds is 9. The smallest absolute Gasteiger partial charge is 0.413 e. The summed E-state index contributed by atoms with van der Waals surface area (Å²) in [7, 11) is 3.99. The first-order valence-electron chi connectivity index (χ1n) is 13.4. The number of methoxy groups -OCH3 is 2. The third-order valence-corrected chi connectivity index (χ3v) is 7.74. The lowest BCUT2D eigenvalue weighted by molar-refractivity contribution is -0.191. The summed E-state index contributed by atoms with van der Waals surface area (Å²) in [5, 5.41) is 9.95. The maximum absolute atomic E-state index is 14.3. The van der Waals surface area contributed by atoms with Crippen LogP contribution in [0.5, 0.6) is 0 Å². The van der Waals surface area contributed by atoms with E-state index in [0.717, 1.165) is 4.90 Å². The molecule has 0 spiro atoms. The quantitative estimate of drug-likeness (QED) is 0.327. The first-order valence-corrected chi connectivity index (χ1v) is 13.8. The number of hydrogen-bond donors (Lipinski definition) is 2. The summed E-state index contributed by atoms with van der Waals surface area (Å²) in [6, 6.07) is 3.59. The predicted molar refractivity (Wildman–Crippen MR) is 148 cm³/mol. The van der Waals surface area contributed by atoms with E-state index in [1.807, 2.05) is 0 Å². The van der Waals surface area contributed by atoms with E-state index in [-0.39, 0.29) is 22.5 Å². The molecule has 0 unspecified atom stereocenters. The second kappa shape index (κ2) is 13.1. The molecule has 0 aliphatic heterocycles. The third-order valence-electron chi connectivity index (χ3n) is 7.58. The van der Waals surface area contributed by atoms with Crippen LogP contribution in [0.1, 0.15) is 56.0 Å². The van der Waals surface area contributed by atoms with E-state index in [1.165, 1.54) is 56.2 Å². The van der Waals surface area contributed by atoms with Crippen LogP contribution in [0.3, 0.4) is 0 Å². The van der Waals surface area contributed by atoms with Gasteiger partial charge in [-0.3, -0.25) is 4.79 Å². The monoisotopic (exact) mass is 611 g/mol. The van der Waals surface area contributed by atoms with Gasteiger partial charge >= 0.3 is 12.3 Å². The Bertz CT molecular complexity index is 1390. The van der Waals surface area contributed by atoms with Crippen LogP contribution in [0.15, 0.2) is 30.5 Å². The predicted octanol–water partition coefficient (Wildman–Crippen LogP) is 5.45. The van der Waals surface area contributed by atoms with Gasteiger partial charge in [-0.25, -0.2) is 9.78 Å². The van der Waals surface area contributed by atoms with E-state index < -0.39 is 36.2 Å². The molecule has 42 heavy (non-hydrogen) atoms. The van der Waals surface area contributed by atoms with Crippen LogP contribution in [0.2, 0.25) is 5.28 Å². The Morgan fingerprint density at radius 2 is 1.83 bits per heavy atom. The molecule has 15 heteroatoms. The van der Waals surface area contributed by atoms with Crippen LogP contribution in [-0.2, 0) is 14.3 Å². The molecule has 4 rings (SSSR count). The number of carbonyl (C=O) groups excluding carboxylic acids is 2. The van der Waals surface area contributed by atoms with Crippen molar-refractivity contribution in [1.82, 2.24) is 29.8 Å². The zero-order valence-corrected chi connectivity index (χ0v) is 24.4. The molecule has 1 aliphatic rings. The van der Waals surface area contributed by atoms with Gasteiger partial charge in [0.1, 0.15) is 0 Å². The van der Waals surface area contributed by atoms with Gasteiger partial charge in [0.25, 0.3) is 5.78 Å². The Balaban J connectivity index is 1.48. The van der Waals surface area contributed by atoms with Crippen LogP contribution in [0.25, 0.3) is 5.78 Å². The second-order valence-corrected chi connectivity index (χ2v) is 10.6. The number of benzene rings is 1. The number of alkyl halides is 3. The topological polar surface area (TPSA) is 123 Å². The first kappa shape index (κ1) is 31.3. The van der Waals surface area contributed by atoms with Gasteiger partial charge < -0.3 is 25.0 Å². The van der Waals surface area contributed by atoms with Gasteiger partial charge in [-0.2, -0.15) is 22.7 Å². The summed E-state index contributed by atoms with van der Waals surface area (Å²) >= 11 is 5.95. The number of alkyl carbamates (subject to hydrolysis) is 1. The van der Waals surface area contributed by atoms with Gasteiger partial charge in [0.05, 0.1) is 30.8 Å². The Hall–Kier alpha value is -3.65. The van der Waals surface area contributed by atoms with Crippen molar-refractivity contribution in [2.45, 2.75) is 50.9 Å². The Morgan fingerprint density at radius 3 is 2.43 bits per heavy atom. The Morgan fingerprint density at radius 1 is 1.17 bits per heavy atom. The van der Waals surface area contributed by atoms with Gasteiger partial charge in [0, 0.05) is 32.3 Å². The zero-order valence-electron chi connectivity index (χ0n) is 23.6. The summed E-state index contributed by atoms with van der Waals surface area (Å²) in [6.07, 6.45) is -2.02. The van der Waals surface area contributed by atoms with Gasteiger partial charge in [0.2, 0.25) is 11.2 Å². The molecule has 2 amide bonds. The molecule has 2 N–H and O–H groups in total. The summed E-state index contributed by atoms with van der Waals surface area (Å²) in [4.78, 5) is 33.6. The molecule has 1 aromatic carbocycles. The largest absolute Gasteiger partial charge is 0.453 e. The van der Waals surface area contributed by atoms with Crippen molar-refractivity contribution in [2.75, 3.05) is 33.1 Å². The average molecular weight is 612 g/mol. The molecule has 228 valence electrons. The van der Waals surface area contributed by atoms with Crippen molar-refractivity contribution >= 4 is 40.8 Å². The molecule has 1 saturated carbocycles. The lowest BCUT2D eigenvalue weighted by atomic mass is 9.81. The van der Waals surface area contributed by atoms with Crippen LogP contribution >= 0.6 is 11.6 Å². The van der Waals surface area contributed by atoms with Crippen molar-refractivity contribution in [3.63, 3.8) is 0 Å². The minimum atomic E-state index is -4.69. The standard InChI is InChI=1S/C27H33ClF3N7O4/c1-15(41-3)21-20(14-32-25-35-24(28)36-38(21)25)34-19-11-9-17(10-12-19)22(27(29,30)31)37(2)23(39)18-7-5-16(6-8-18)13-33-26(40)42-4/h9-12,14-16,18,22,34H,5-8,13H2,1-4H3,(H,33,40)/t15-,16?,18?,22-/m0/s1. The number of anilines is 2. The summed E-state index contributed by atoms with van der Waals surface area (Å²) in [6.45, 7) is 2.20. The van der Waals surface area contributed by atoms with Crippen molar-refractivity contribution < 1.29 is 32.2 Å². The van der Waals surface area contributed by atoms with Gasteiger partial charge in [0.15, 0.2) is 6.04 Å². The summed E-state index contributed by atoms with van der Waals surface area (Å²) in [5.74, 6) is -0.666. The maximum atomic E-state index is 14.3. The molecular formula is C27H33ClF3N7O4. The van der Waals surface area contributed by atoms with Crippen LogP contribution in [0.4, 0.5) is 29.3 Å². The molecule has 2 atom stereocenters. The summed E-state index contributed by atoms with van der Waals surface area (Å²) < 4.78 is 54.4. The fourth-order valence-electron chi connectivity index (χ4n) is 5.29. The van der Waals surface area contributed by atoms with Crippen molar-refractivity contribution in [1.29, 1.82) is 0 Å². The van der Waals surface area contributed by atoms with E-state index in [2.05, 4.69) is 30.4 Å². The Labute approximate surface area is 245 Å². The number of carbonyl (C=O) groups is 2. The number of nitrogens with one attached hydrogen (secondary N) is 2. The fraction of sp³-hybridized carbons (Fsp3) is 0.519. The minimum absolute atomic E-state index is 0.00836. The SMILES string of the molecule is COC(=O)NCC1CCC(C(=O)N(C)[C@@H](c2ccc(Nc3cnc4nc(Cl)nn4c3[C@H](C)OC)cc2)C(F)(F)F)CC1. The van der Waals surface area contributed by atoms with Crippen LogP contribution < -0.4 is 10.6 Å². The van der Waals surface area contributed by atoms with E-state index in [4.69, 9.17) is 16.3 Å². The third kappa shape index (κ3) is 7.04. The fourth-order valence-corrected chi connectivity index (χ4v) is 5.44. The number of fused-ring (bicyclic) bond motifs is 1. The zero-order chi connectivity index (χ0) is 30.6. The number of ether oxygens (including phenoxy) is 2. The Kier molecular flexibility index (Phi) is 9.77. The highest BCUT2D eigenvalue weighted by Crippen LogP contribution is 2.40. The average Bonchev–Trinajstić information content (AvgIpc) is 3.35. The van der Waals surface area contributed by atoms with E-state index >= 15 is 0 Å². The van der Waals surface area contributed by atoms with Gasteiger partial charge in [-0.15, -0.1) is 5.10 Å². The molecule has 3 aromatic rings. The van der Waals surface area contributed by atoms with Crippen molar-refractivity contribution in [3.05, 3.63) is 47.0 Å². The molecule has 1 fully saturated rings. The number of halogens is 4. The lowest BCUT2D eigenvalue weighted by Crippen LogP contribution is -2.43. The van der Waals surface area contributed by atoms with Crippen molar-refractivity contribution in [2.24, 2.45) is 11.8 Å². The number of nitrogens with zero attached hydrogens (tertiary/aromatic N) is 5. The highest BCUT2D eigenvalue weighted by atomic mass is 35.5. The number of hydrogen-bond acceptors (Lipinski definition) is 8. The van der Waals surface area contributed by atoms with Crippen LogP contribution in [0, 0.1) is 11.8 Å². The minimum Gasteiger partial charge on any atom is -0.453 e. The number of aromatic nitrogens is 4. The highest BCUT2D eigenvalue weighted by molar-refractivity contribution is 6.28. The molecule has 1 aliphatic carbocycles. The highest BCUT2D eigenvalue weighted by Gasteiger charge is 2.46. The van der Waals surface area contributed by atoms with Crippen LogP contribution in [-0.4, -0.2) is 70.5 Å². The molecule has 2 aromatic heterocycles. The lowest BCUT2D eigenvalue weighted by Gasteiger charge is -2.35. The van der Waals surface area contributed by atoms with Crippen molar-refractivity contribution in [3.8, 4) is 0 Å². The first-order chi connectivity index (χ1) is 19.9. The van der Waals surface area contributed by atoms with E-state index in [1.54, 1.807) is 6.92 Å². The van der Waals surface area contributed by atoms with E-state index in [9.17, 15) is 22.8 Å². The molecule has 11 nitrogen and oxygen atoms in total. The summed E-state index contributed by atoms with van der Waals surface area (Å²) in [5.41, 5.74) is 1.50. The molecule has 0 bridgehead atoms. The molecule has 0 saturated heterocycles. The maximum Gasteiger partial charge on any atom is 0.413 e.